The van der Waals surface area contributed by atoms with Gasteiger partial charge in [-0.25, -0.2) is 9.48 Å². The van der Waals surface area contributed by atoms with Gasteiger partial charge in [0.25, 0.3) is 17.4 Å². The number of carbonyl (C=O) groups excluding carboxylic acids is 3. The molecule has 0 atom stereocenters. The minimum atomic E-state index is -0.808. The average Bonchev–Trinajstić information content (AvgIpc) is 3.13. The third-order valence-electron chi connectivity index (χ3n) is 8.16. The van der Waals surface area contributed by atoms with Crippen LogP contribution in [0.25, 0.3) is 22.4 Å². The molecule has 262 valence electrons. The SMILES string of the molecule is CCn1nc(-c2c(C(=O)NCCO)cc(C(=O)NCCN3CCCCC3)cc2-c2ccccc2)cc(NC(=O)Nc2c(Cl)cncc2Cl)c1=O. The molecule has 3 heterocycles. The molecule has 1 aliphatic rings. The van der Waals surface area contributed by atoms with Crippen molar-refractivity contribution in [3.8, 4) is 22.4 Å². The Kier molecular flexibility index (Phi) is 12.6. The van der Waals surface area contributed by atoms with Gasteiger partial charge in [0, 0.05) is 49.7 Å². The number of likely N-dealkylation sites (tertiary alicyclic amines) is 1. The summed E-state index contributed by atoms with van der Waals surface area (Å²) in [4.78, 5) is 60.1. The molecule has 2 aromatic heterocycles. The Morgan fingerprint density at radius 1 is 0.900 bits per heavy atom. The Balaban J connectivity index is 1.59. The molecule has 50 heavy (non-hydrogen) atoms. The summed E-state index contributed by atoms with van der Waals surface area (Å²) in [6, 6.07) is 12.9. The molecule has 0 aliphatic carbocycles. The number of halogens is 2. The summed E-state index contributed by atoms with van der Waals surface area (Å²) in [5, 5.41) is 25.0. The van der Waals surface area contributed by atoms with E-state index in [0.717, 1.165) is 30.6 Å². The highest BCUT2D eigenvalue weighted by Crippen LogP contribution is 2.36. The van der Waals surface area contributed by atoms with E-state index >= 15 is 0 Å². The van der Waals surface area contributed by atoms with Crippen LogP contribution in [-0.2, 0) is 6.54 Å². The standard InChI is InChI=1S/C35H38Cl2N8O5/c1-2-45-34(49)29(41-35(50)42-31-26(36)20-38-21-27(31)37)19-28(43-45)30-24(22-9-5-3-6-10-22)17-23(18-25(30)33(48)40-12-16-46)32(47)39-11-15-44-13-7-4-8-14-44/h3,5-6,9-10,17-21,46H,2,4,7-8,11-16H2,1H3,(H,39,47)(H,40,48)(H2,38,41,42,50). The Morgan fingerprint density at radius 3 is 2.28 bits per heavy atom. The number of amides is 4. The van der Waals surface area contributed by atoms with E-state index in [4.69, 9.17) is 23.2 Å². The van der Waals surface area contributed by atoms with E-state index in [0.29, 0.717) is 29.8 Å². The van der Waals surface area contributed by atoms with Crippen LogP contribution in [0.3, 0.4) is 0 Å². The highest BCUT2D eigenvalue weighted by atomic mass is 35.5. The quantitative estimate of drug-likeness (QED) is 0.138. The van der Waals surface area contributed by atoms with E-state index in [2.05, 4.69) is 36.2 Å². The number of piperidine rings is 1. The first-order chi connectivity index (χ1) is 24.2. The van der Waals surface area contributed by atoms with Gasteiger partial charge >= 0.3 is 6.03 Å². The highest BCUT2D eigenvalue weighted by molar-refractivity contribution is 6.39. The Morgan fingerprint density at radius 2 is 1.60 bits per heavy atom. The van der Waals surface area contributed by atoms with E-state index < -0.39 is 17.5 Å². The molecule has 0 spiro atoms. The number of carbonyl (C=O) groups is 3. The van der Waals surface area contributed by atoms with Crippen molar-refractivity contribution in [3.63, 3.8) is 0 Å². The molecule has 1 aliphatic heterocycles. The molecule has 0 saturated carbocycles. The van der Waals surface area contributed by atoms with Crippen LogP contribution in [0.5, 0.6) is 0 Å². The van der Waals surface area contributed by atoms with Crippen LogP contribution in [-0.4, -0.2) is 81.9 Å². The largest absolute Gasteiger partial charge is 0.395 e. The molecule has 0 bridgehead atoms. The van der Waals surface area contributed by atoms with Crippen LogP contribution < -0.4 is 26.8 Å². The zero-order valence-corrected chi connectivity index (χ0v) is 29.0. The van der Waals surface area contributed by atoms with E-state index in [-0.39, 0.29) is 63.8 Å². The second kappa shape index (κ2) is 17.2. The summed E-state index contributed by atoms with van der Waals surface area (Å²) in [7, 11) is 0. The first-order valence-electron chi connectivity index (χ1n) is 16.3. The fourth-order valence-corrected chi connectivity index (χ4v) is 6.18. The minimum absolute atomic E-state index is 0.0415. The number of rotatable bonds is 12. The molecular formula is C35H38Cl2N8O5. The van der Waals surface area contributed by atoms with Crippen molar-refractivity contribution in [2.24, 2.45) is 0 Å². The number of pyridine rings is 1. The van der Waals surface area contributed by atoms with E-state index in [1.165, 1.54) is 30.9 Å². The van der Waals surface area contributed by atoms with Crippen molar-refractivity contribution in [1.82, 2.24) is 30.3 Å². The zero-order chi connectivity index (χ0) is 35.6. The molecule has 4 aromatic rings. The molecule has 1 fully saturated rings. The molecule has 15 heteroatoms. The molecule has 2 aromatic carbocycles. The predicted molar refractivity (Wildman–Crippen MR) is 194 cm³/mol. The molecule has 0 unspecified atom stereocenters. The van der Waals surface area contributed by atoms with Gasteiger partial charge in [-0.3, -0.25) is 19.4 Å². The van der Waals surface area contributed by atoms with E-state index in [1.807, 2.05) is 30.3 Å². The van der Waals surface area contributed by atoms with Gasteiger partial charge in [-0.15, -0.1) is 0 Å². The third-order valence-corrected chi connectivity index (χ3v) is 8.73. The lowest BCUT2D eigenvalue weighted by atomic mass is 9.90. The van der Waals surface area contributed by atoms with Crippen LogP contribution in [0.15, 0.2) is 65.7 Å². The van der Waals surface area contributed by atoms with Crippen molar-refractivity contribution in [3.05, 3.63) is 92.5 Å². The fourth-order valence-electron chi connectivity index (χ4n) is 5.72. The molecule has 5 rings (SSSR count). The number of hydrogen-bond acceptors (Lipinski definition) is 8. The predicted octanol–water partition coefficient (Wildman–Crippen LogP) is 4.88. The van der Waals surface area contributed by atoms with E-state index in [9.17, 15) is 24.3 Å². The summed E-state index contributed by atoms with van der Waals surface area (Å²) in [5.41, 5.74) is 1.33. The van der Waals surface area contributed by atoms with Crippen molar-refractivity contribution >= 4 is 52.4 Å². The van der Waals surface area contributed by atoms with Gasteiger partial charge in [0.15, 0.2) is 0 Å². The molecular weight excluding hydrogens is 683 g/mol. The van der Waals surface area contributed by atoms with Crippen LogP contribution >= 0.6 is 23.2 Å². The van der Waals surface area contributed by atoms with Crippen LogP contribution in [0, 0.1) is 0 Å². The summed E-state index contributed by atoms with van der Waals surface area (Å²) >= 11 is 12.3. The monoisotopic (exact) mass is 720 g/mol. The second-order valence-corrected chi connectivity index (χ2v) is 12.4. The Labute approximate surface area is 299 Å². The van der Waals surface area contributed by atoms with Crippen molar-refractivity contribution in [1.29, 1.82) is 0 Å². The van der Waals surface area contributed by atoms with Gasteiger partial charge < -0.3 is 31.3 Å². The first kappa shape index (κ1) is 36.5. The van der Waals surface area contributed by atoms with Crippen molar-refractivity contribution < 1.29 is 19.5 Å². The first-order valence-corrected chi connectivity index (χ1v) is 17.1. The lowest BCUT2D eigenvalue weighted by Crippen LogP contribution is -2.37. The number of benzene rings is 2. The maximum absolute atomic E-state index is 13.8. The summed E-state index contributed by atoms with van der Waals surface area (Å²) in [6.45, 7) is 4.63. The van der Waals surface area contributed by atoms with Crippen molar-refractivity contribution in [2.75, 3.05) is 50.0 Å². The Bertz CT molecular complexity index is 1900. The number of aliphatic hydroxyl groups is 1. The van der Waals surface area contributed by atoms with Crippen LogP contribution in [0.1, 0.15) is 46.9 Å². The maximum atomic E-state index is 13.8. The lowest BCUT2D eigenvalue weighted by molar-refractivity contribution is 0.0945. The normalized spacial score (nSPS) is 13.0. The number of nitrogens with one attached hydrogen (secondary N) is 4. The van der Waals surface area contributed by atoms with E-state index in [1.54, 1.807) is 13.0 Å². The lowest BCUT2D eigenvalue weighted by Gasteiger charge is -2.26. The summed E-state index contributed by atoms with van der Waals surface area (Å²) in [5.74, 6) is -0.930. The number of aryl methyl sites for hydroxylation is 1. The zero-order valence-electron chi connectivity index (χ0n) is 27.5. The molecule has 5 N–H and O–H groups in total. The van der Waals surface area contributed by atoms with Crippen LogP contribution in [0.2, 0.25) is 10.0 Å². The Hall–Kier alpha value is -4.82. The second-order valence-electron chi connectivity index (χ2n) is 11.6. The van der Waals surface area contributed by atoms with Gasteiger partial charge in [-0.1, -0.05) is 60.0 Å². The van der Waals surface area contributed by atoms with Gasteiger partial charge in [0.05, 0.1) is 33.6 Å². The van der Waals surface area contributed by atoms with Gasteiger partial charge in [0.1, 0.15) is 5.69 Å². The molecule has 1 saturated heterocycles. The summed E-state index contributed by atoms with van der Waals surface area (Å²) in [6.07, 6.45) is 6.10. The number of aliphatic hydroxyl groups excluding tert-OH is 1. The summed E-state index contributed by atoms with van der Waals surface area (Å²) < 4.78 is 1.16. The number of hydrogen-bond donors (Lipinski definition) is 5. The van der Waals surface area contributed by atoms with Crippen molar-refractivity contribution in [2.45, 2.75) is 32.7 Å². The number of nitrogens with zero attached hydrogens (tertiary/aromatic N) is 4. The average molecular weight is 722 g/mol. The fraction of sp³-hybridized carbons (Fsp3) is 0.314. The topological polar surface area (TPSA) is 171 Å². The molecule has 0 radical (unpaired) electrons. The van der Waals surface area contributed by atoms with Crippen LogP contribution in [0.4, 0.5) is 16.2 Å². The minimum Gasteiger partial charge on any atom is -0.395 e. The maximum Gasteiger partial charge on any atom is 0.323 e. The third kappa shape index (κ3) is 8.85. The number of urea groups is 1. The number of aromatic nitrogens is 3. The van der Waals surface area contributed by atoms with Gasteiger partial charge in [0.2, 0.25) is 0 Å². The van der Waals surface area contributed by atoms with Gasteiger partial charge in [-0.2, -0.15) is 5.10 Å². The molecule has 4 amide bonds. The molecule has 13 nitrogen and oxygen atoms in total. The number of anilines is 2. The van der Waals surface area contributed by atoms with Gasteiger partial charge in [-0.05, 0) is 62.2 Å². The smallest absolute Gasteiger partial charge is 0.323 e. The highest BCUT2D eigenvalue weighted by Gasteiger charge is 2.25.